The van der Waals surface area contributed by atoms with Crippen molar-refractivity contribution in [2.24, 2.45) is 0 Å². The van der Waals surface area contributed by atoms with E-state index in [4.69, 9.17) is 0 Å². The Morgan fingerprint density at radius 1 is 1.00 bits per heavy atom. The number of benzene rings is 2. The average Bonchev–Trinajstić information content (AvgIpc) is 2.77. The second-order valence-corrected chi connectivity index (χ2v) is 7.50. The van der Waals surface area contributed by atoms with Gasteiger partial charge in [-0.3, -0.25) is 4.79 Å². The Bertz CT molecular complexity index is 1110. The first-order valence-corrected chi connectivity index (χ1v) is 9.79. The van der Waals surface area contributed by atoms with Gasteiger partial charge in [-0.2, -0.15) is 13.2 Å². The molecule has 0 aliphatic heterocycles. The van der Waals surface area contributed by atoms with Gasteiger partial charge in [0.1, 0.15) is 5.69 Å². The summed E-state index contributed by atoms with van der Waals surface area (Å²) in [4.78, 5) is 16.5. The Morgan fingerprint density at radius 2 is 1.59 bits per heavy atom. The van der Waals surface area contributed by atoms with Crippen LogP contribution in [0.25, 0.3) is 11.1 Å². The predicted molar refractivity (Wildman–Crippen MR) is 110 cm³/mol. The molecule has 0 unspecified atom stereocenters. The lowest BCUT2D eigenvalue weighted by Gasteiger charge is -2.21. The highest BCUT2D eigenvalue weighted by molar-refractivity contribution is 6.14. The molecule has 1 N–H and O–H groups in total. The quantitative estimate of drug-likeness (QED) is 0.343. The van der Waals surface area contributed by atoms with Crippen molar-refractivity contribution in [3.63, 3.8) is 0 Å². The average molecular weight is 449 g/mol. The van der Waals surface area contributed by atoms with Gasteiger partial charge in [0.05, 0.1) is 12.2 Å². The van der Waals surface area contributed by atoms with E-state index >= 15 is 0 Å². The first kappa shape index (κ1) is 23.5. The van der Waals surface area contributed by atoms with Gasteiger partial charge < -0.3 is 5.11 Å². The van der Waals surface area contributed by atoms with Crippen LogP contribution in [0, 0.1) is 0 Å². The zero-order valence-electron chi connectivity index (χ0n) is 17.3. The number of hydrogen-bond acceptors (Lipinski definition) is 3. The SMILES string of the molecule is CC(C)c1ccc(C(=O)c2c(C(F)(F)F)nc(C(F)F)c(CO)c2-c2ccccc2)cc1. The van der Waals surface area contributed by atoms with E-state index < -0.39 is 53.1 Å². The fourth-order valence-corrected chi connectivity index (χ4v) is 3.50. The minimum Gasteiger partial charge on any atom is -0.392 e. The minimum atomic E-state index is -5.18. The standard InChI is InChI=1S/C24H20F5NO2/c1-13(2)14-8-10-16(11-9-14)21(32)19-18(15-6-4-3-5-7-15)17(12-31)20(23(25)26)30-22(19)24(27,28)29/h3-11,13,23,31H,12H2,1-2H3. The van der Waals surface area contributed by atoms with Crippen LogP contribution >= 0.6 is 0 Å². The molecular weight excluding hydrogens is 429 g/mol. The van der Waals surface area contributed by atoms with E-state index in [0.29, 0.717) is 0 Å². The van der Waals surface area contributed by atoms with Gasteiger partial charge in [0, 0.05) is 16.7 Å². The van der Waals surface area contributed by atoms with Crippen LogP contribution in [0.4, 0.5) is 22.0 Å². The molecule has 0 saturated carbocycles. The molecule has 0 atom stereocenters. The lowest BCUT2D eigenvalue weighted by Crippen LogP contribution is -2.21. The van der Waals surface area contributed by atoms with Crippen LogP contribution in [0.1, 0.15) is 64.6 Å². The van der Waals surface area contributed by atoms with Crippen LogP contribution in [0.2, 0.25) is 0 Å². The van der Waals surface area contributed by atoms with Gasteiger partial charge in [0.2, 0.25) is 0 Å². The Hall–Kier alpha value is -3.13. The summed E-state index contributed by atoms with van der Waals surface area (Å²) in [6.07, 6.45) is -8.56. The Balaban J connectivity index is 2.40. The molecule has 1 aromatic heterocycles. The number of nitrogens with zero attached hydrogens (tertiary/aromatic N) is 1. The number of alkyl halides is 5. The first-order valence-electron chi connectivity index (χ1n) is 9.79. The summed E-state index contributed by atoms with van der Waals surface area (Å²) in [7, 11) is 0. The predicted octanol–water partition coefficient (Wildman–Crippen LogP) is 6.55. The number of aromatic nitrogens is 1. The fraction of sp³-hybridized carbons (Fsp3) is 0.250. The summed E-state index contributed by atoms with van der Waals surface area (Å²) in [5.41, 5.74) is -3.77. The highest BCUT2D eigenvalue weighted by Gasteiger charge is 2.41. The highest BCUT2D eigenvalue weighted by atomic mass is 19.4. The van der Waals surface area contributed by atoms with Crippen molar-refractivity contribution in [3.8, 4) is 11.1 Å². The molecule has 2 aromatic carbocycles. The molecule has 0 radical (unpaired) electrons. The number of halogens is 5. The molecule has 1 heterocycles. The first-order chi connectivity index (χ1) is 15.1. The van der Waals surface area contributed by atoms with Crippen molar-refractivity contribution in [1.29, 1.82) is 0 Å². The number of hydrogen-bond donors (Lipinski definition) is 1. The molecule has 0 bridgehead atoms. The molecule has 3 rings (SSSR count). The number of rotatable bonds is 6. The maximum absolute atomic E-state index is 13.9. The number of carbonyl (C=O) groups is 1. The third kappa shape index (κ3) is 4.55. The number of ketones is 1. The van der Waals surface area contributed by atoms with Crippen LogP contribution in [0.5, 0.6) is 0 Å². The molecule has 0 aliphatic rings. The van der Waals surface area contributed by atoms with E-state index in [2.05, 4.69) is 4.98 Å². The van der Waals surface area contributed by atoms with Gasteiger partial charge in [-0.1, -0.05) is 68.4 Å². The summed E-state index contributed by atoms with van der Waals surface area (Å²) in [5, 5.41) is 9.81. The number of aliphatic hydroxyl groups is 1. The van der Waals surface area contributed by atoms with Crippen molar-refractivity contribution in [2.45, 2.75) is 39.0 Å². The van der Waals surface area contributed by atoms with E-state index in [1.807, 2.05) is 13.8 Å². The van der Waals surface area contributed by atoms with Crippen molar-refractivity contribution in [3.05, 3.63) is 88.2 Å². The van der Waals surface area contributed by atoms with Gasteiger partial charge in [-0.25, -0.2) is 13.8 Å². The molecule has 8 heteroatoms. The molecule has 3 nitrogen and oxygen atoms in total. The Morgan fingerprint density at radius 3 is 2.06 bits per heavy atom. The molecule has 0 aliphatic carbocycles. The van der Waals surface area contributed by atoms with Crippen LogP contribution in [0.15, 0.2) is 54.6 Å². The third-order valence-corrected chi connectivity index (χ3v) is 5.09. The second kappa shape index (κ2) is 9.16. The second-order valence-electron chi connectivity index (χ2n) is 7.50. The zero-order valence-corrected chi connectivity index (χ0v) is 17.3. The highest BCUT2D eigenvalue weighted by Crippen LogP contribution is 2.41. The van der Waals surface area contributed by atoms with E-state index in [1.165, 1.54) is 36.4 Å². The lowest BCUT2D eigenvalue weighted by atomic mass is 9.87. The molecule has 0 amide bonds. The normalized spacial score (nSPS) is 11.9. The molecule has 0 saturated heterocycles. The van der Waals surface area contributed by atoms with Gasteiger partial charge in [-0.15, -0.1) is 0 Å². The molecule has 3 aromatic rings. The zero-order chi connectivity index (χ0) is 23.6. The molecule has 168 valence electrons. The fourth-order valence-electron chi connectivity index (χ4n) is 3.50. The molecule has 0 spiro atoms. The number of pyridine rings is 1. The topological polar surface area (TPSA) is 50.2 Å². The summed E-state index contributed by atoms with van der Waals surface area (Å²) < 4.78 is 69.1. The number of aliphatic hydroxyl groups excluding tert-OH is 1. The molecular formula is C24H20F5NO2. The van der Waals surface area contributed by atoms with Crippen molar-refractivity contribution >= 4 is 5.78 Å². The maximum Gasteiger partial charge on any atom is 0.434 e. The molecule has 0 fully saturated rings. The van der Waals surface area contributed by atoms with Gasteiger partial charge in [0.25, 0.3) is 6.43 Å². The van der Waals surface area contributed by atoms with E-state index in [1.54, 1.807) is 18.2 Å². The van der Waals surface area contributed by atoms with E-state index in [-0.39, 0.29) is 17.0 Å². The van der Waals surface area contributed by atoms with Crippen molar-refractivity contribution < 1.29 is 31.9 Å². The number of carbonyl (C=O) groups excluding carboxylic acids is 1. The van der Waals surface area contributed by atoms with Crippen LogP contribution < -0.4 is 0 Å². The van der Waals surface area contributed by atoms with Crippen LogP contribution in [-0.2, 0) is 12.8 Å². The summed E-state index contributed by atoms with van der Waals surface area (Å²) >= 11 is 0. The summed E-state index contributed by atoms with van der Waals surface area (Å²) in [5.74, 6) is -0.882. The summed E-state index contributed by atoms with van der Waals surface area (Å²) in [6.45, 7) is 2.83. The third-order valence-electron chi connectivity index (χ3n) is 5.09. The van der Waals surface area contributed by atoms with E-state index in [9.17, 15) is 31.9 Å². The monoisotopic (exact) mass is 449 g/mol. The van der Waals surface area contributed by atoms with Crippen molar-refractivity contribution in [1.82, 2.24) is 4.98 Å². The minimum absolute atomic E-state index is 0.0485. The van der Waals surface area contributed by atoms with E-state index in [0.717, 1.165) is 5.56 Å². The van der Waals surface area contributed by atoms with Gasteiger partial charge in [0.15, 0.2) is 11.5 Å². The lowest BCUT2D eigenvalue weighted by molar-refractivity contribution is -0.141. The van der Waals surface area contributed by atoms with Crippen molar-refractivity contribution in [2.75, 3.05) is 0 Å². The Kier molecular flexibility index (Phi) is 6.74. The van der Waals surface area contributed by atoms with Crippen LogP contribution in [0.3, 0.4) is 0 Å². The molecule has 32 heavy (non-hydrogen) atoms. The van der Waals surface area contributed by atoms with Crippen LogP contribution in [-0.4, -0.2) is 15.9 Å². The Labute approximate surface area is 181 Å². The summed E-state index contributed by atoms with van der Waals surface area (Å²) in [6, 6.07) is 13.4. The van der Waals surface area contributed by atoms with Gasteiger partial charge in [-0.05, 0) is 17.0 Å². The smallest absolute Gasteiger partial charge is 0.392 e. The van der Waals surface area contributed by atoms with Gasteiger partial charge >= 0.3 is 6.18 Å². The maximum atomic E-state index is 13.9. The largest absolute Gasteiger partial charge is 0.434 e.